The van der Waals surface area contributed by atoms with Crippen molar-refractivity contribution >= 4 is 34.2 Å². The lowest BCUT2D eigenvalue weighted by molar-refractivity contribution is -0.132. The fraction of sp³-hybridized carbons (Fsp3) is 0.500. The van der Waals surface area contributed by atoms with Crippen LogP contribution in [0.1, 0.15) is 31.7 Å². The Morgan fingerprint density at radius 2 is 1.88 bits per heavy atom. The molecule has 2 heterocycles. The van der Waals surface area contributed by atoms with Crippen molar-refractivity contribution in [2.45, 2.75) is 26.7 Å². The van der Waals surface area contributed by atoms with E-state index in [9.17, 15) is 4.79 Å². The number of amides is 1. The summed E-state index contributed by atoms with van der Waals surface area (Å²) in [6.45, 7) is 7.32. The van der Waals surface area contributed by atoms with E-state index < -0.39 is 0 Å². The lowest BCUT2D eigenvalue weighted by atomic mass is 10.1. The third-order valence-corrected chi connectivity index (χ3v) is 5.29. The summed E-state index contributed by atoms with van der Waals surface area (Å²) in [4.78, 5) is 21.0. The third-order valence-electron chi connectivity index (χ3n) is 4.22. The topological polar surface area (TPSA) is 49.3 Å². The minimum Gasteiger partial charge on any atom is -0.343 e. The largest absolute Gasteiger partial charge is 0.343 e. The summed E-state index contributed by atoms with van der Waals surface area (Å²) in [5, 5.41) is 1.68. The van der Waals surface area contributed by atoms with Gasteiger partial charge in [-0.3, -0.25) is 4.79 Å². The van der Waals surface area contributed by atoms with Gasteiger partial charge in [-0.1, -0.05) is 37.6 Å². The van der Waals surface area contributed by atoms with Crippen LogP contribution in [-0.2, 0) is 11.2 Å². The summed E-state index contributed by atoms with van der Waals surface area (Å²) in [5.41, 5.74) is 1.15. The Labute approximate surface area is 157 Å². The second-order valence-corrected chi connectivity index (χ2v) is 7.93. The van der Waals surface area contributed by atoms with Crippen molar-refractivity contribution in [3.05, 3.63) is 40.7 Å². The first-order chi connectivity index (χ1) is 12.0. The molecule has 1 amide bonds. The van der Waals surface area contributed by atoms with Crippen LogP contribution in [0.25, 0.3) is 0 Å². The molecule has 0 saturated carbocycles. The van der Waals surface area contributed by atoms with Crippen LogP contribution < -0.4 is 4.90 Å². The Bertz CT molecular complexity index is 708. The smallest absolute Gasteiger partial charge is 0.222 e. The molecule has 1 fully saturated rings. The van der Waals surface area contributed by atoms with Crippen LogP contribution in [0.4, 0.5) is 5.13 Å². The van der Waals surface area contributed by atoms with Crippen LogP contribution in [0.5, 0.6) is 0 Å². The lowest BCUT2D eigenvalue weighted by Crippen LogP contribution is -2.49. The van der Waals surface area contributed by atoms with Gasteiger partial charge in [-0.15, -0.1) is 0 Å². The molecular weight excluding hydrogens is 356 g/mol. The first-order valence-corrected chi connectivity index (χ1v) is 9.76. The lowest BCUT2D eigenvalue weighted by Gasteiger charge is -2.34. The highest BCUT2D eigenvalue weighted by atomic mass is 35.5. The van der Waals surface area contributed by atoms with Gasteiger partial charge in [0.05, 0.1) is 0 Å². The number of aromatic nitrogens is 2. The van der Waals surface area contributed by atoms with Crippen molar-refractivity contribution in [1.82, 2.24) is 14.3 Å². The number of rotatable bonds is 5. The Balaban J connectivity index is 1.55. The first kappa shape index (κ1) is 18.1. The van der Waals surface area contributed by atoms with Gasteiger partial charge >= 0.3 is 0 Å². The summed E-state index contributed by atoms with van der Waals surface area (Å²) < 4.78 is 4.48. The molecular formula is C18H23ClN4OS. The molecule has 0 aliphatic carbocycles. The van der Waals surface area contributed by atoms with Gasteiger partial charge in [0.2, 0.25) is 11.0 Å². The molecule has 0 radical (unpaired) electrons. The number of carbonyl (C=O) groups is 1. The molecule has 7 heteroatoms. The molecule has 0 N–H and O–H groups in total. The molecule has 5 nitrogen and oxygen atoms in total. The fourth-order valence-electron chi connectivity index (χ4n) is 2.86. The van der Waals surface area contributed by atoms with E-state index in [1.165, 1.54) is 11.5 Å². The number of halogens is 1. The van der Waals surface area contributed by atoms with Crippen LogP contribution in [0, 0.1) is 5.92 Å². The van der Waals surface area contributed by atoms with E-state index in [0.29, 0.717) is 18.8 Å². The molecule has 1 aliphatic rings. The molecule has 1 aromatic heterocycles. The van der Waals surface area contributed by atoms with Gasteiger partial charge in [0.1, 0.15) is 5.82 Å². The van der Waals surface area contributed by atoms with Gasteiger partial charge in [-0.2, -0.15) is 4.37 Å². The van der Waals surface area contributed by atoms with Crippen LogP contribution in [0.15, 0.2) is 24.3 Å². The molecule has 25 heavy (non-hydrogen) atoms. The van der Waals surface area contributed by atoms with E-state index in [0.717, 1.165) is 47.7 Å². The first-order valence-electron chi connectivity index (χ1n) is 8.61. The maximum absolute atomic E-state index is 12.2. The zero-order valence-corrected chi connectivity index (χ0v) is 16.2. The molecule has 2 aromatic rings. The Hall–Kier alpha value is -1.66. The van der Waals surface area contributed by atoms with E-state index in [1.807, 2.05) is 29.2 Å². The molecule has 1 aromatic carbocycles. The molecule has 0 unspecified atom stereocenters. The number of nitrogens with zero attached hydrogens (tertiary/aromatic N) is 4. The van der Waals surface area contributed by atoms with Crippen molar-refractivity contribution in [1.29, 1.82) is 0 Å². The minimum absolute atomic E-state index is 0.260. The van der Waals surface area contributed by atoms with Crippen molar-refractivity contribution in [3.8, 4) is 0 Å². The van der Waals surface area contributed by atoms with Gasteiger partial charge in [-0.25, -0.2) is 4.98 Å². The summed E-state index contributed by atoms with van der Waals surface area (Å²) in [5.74, 6) is 1.50. The quantitative estimate of drug-likeness (QED) is 0.799. The van der Waals surface area contributed by atoms with Crippen LogP contribution in [-0.4, -0.2) is 46.3 Å². The van der Waals surface area contributed by atoms with E-state index in [2.05, 4.69) is 28.1 Å². The predicted octanol–water partition coefficient (Wildman–Crippen LogP) is 3.48. The molecule has 3 rings (SSSR count). The molecule has 0 atom stereocenters. The Kier molecular flexibility index (Phi) is 5.91. The van der Waals surface area contributed by atoms with E-state index in [-0.39, 0.29) is 5.91 Å². The second kappa shape index (κ2) is 8.15. The fourth-order valence-corrected chi connectivity index (χ4v) is 3.72. The van der Waals surface area contributed by atoms with E-state index in [1.54, 1.807) is 0 Å². The highest BCUT2D eigenvalue weighted by Crippen LogP contribution is 2.21. The second-order valence-electron chi connectivity index (χ2n) is 6.76. The van der Waals surface area contributed by atoms with Crippen molar-refractivity contribution < 1.29 is 4.79 Å². The molecule has 1 aliphatic heterocycles. The molecule has 0 spiro atoms. The number of piperazine rings is 1. The maximum atomic E-state index is 12.2. The van der Waals surface area contributed by atoms with Crippen LogP contribution >= 0.6 is 23.1 Å². The van der Waals surface area contributed by atoms with Gasteiger partial charge < -0.3 is 9.80 Å². The van der Waals surface area contributed by atoms with Gasteiger partial charge in [0.15, 0.2) is 0 Å². The van der Waals surface area contributed by atoms with Crippen molar-refractivity contribution in [2.75, 3.05) is 31.1 Å². The normalized spacial score (nSPS) is 15.0. The SMILES string of the molecule is CC(C)CC(=O)N1CCN(c2nc(Cc3ccc(Cl)cc3)ns2)CC1. The number of carbonyl (C=O) groups excluding carboxylic acids is 1. The van der Waals surface area contributed by atoms with Gasteiger partial charge in [0.25, 0.3) is 0 Å². The standard InChI is InChI=1S/C18H23ClN4OS/c1-13(2)11-17(24)22-7-9-23(10-8-22)18-20-16(21-25-18)12-14-3-5-15(19)6-4-14/h3-6,13H,7-12H2,1-2H3. The third kappa shape index (κ3) is 4.92. The minimum atomic E-state index is 0.260. The maximum Gasteiger partial charge on any atom is 0.222 e. The van der Waals surface area contributed by atoms with Crippen LogP contribution in [0.3, 0.4) is 0 Å². The summed E-state index contributed by atoms with van der Waals surface area (Å²) >= 11 is 7.35. The number of hydrogen-bond acceptors (Lipinski definition) is 5. The average Bonchev–Trinajstić information content (AvgIpc) is 3.05. The molecule has 0 bridgehead atoms. The number of benzene rings is 1. The van der Waals surface area contributed by atoms with Crippen molar-refractivity contribution in [2.24, 2.45) is 5.92 Å². The average molecular weight is 379 g/mol. The monoisotopic (exact) mass is 378 g/mol. The number of anilines is 1. The van der Waals surface area contributed by atoms with E-state index in [4.69, 9.17) is 11.6 Å². The zero-order chi connectivity index (χ0) is 17.8. The zero-order valence-electron chi connectivity index (χ0n) is 14.6. The van der Waals surface area contributed by atoms with Crippen LogP contribution in [0.2, 0.25) is 5.02 Å². The summed E-state index contributed by atoms with van der Waals surface area (Å²) in [7, 11) is 0. The molecule has 134 valence electrons. The highest BCUT2D eigenvalue weighted by molar-refractivity contribution is 7.09. The summed E-state index contributed by atoms with van der Waals surface area (Å²) in [6.07, 6.45) is 1.34. The van der Waals surface area contributed by atoms with Gasteiger partial charge in [-0.05, 0) is 23.6 Å². The van der Waals surface area contributed by atoms with E-state index >= 15 is 0 Å². The highest BCUT2D eigenvalue weighted by Gasteiger charge is 2.23. The summed E-state index contributed by atoms with van der Waals surface area (Å²) in [6, 6.07) is 7.78. The van der Waals surface area contributed by atoms with Crippen molar-refractivity contribution in [3.63, 3.8) is 0 Å². The van der Waals surface area contributed by atoms with Gasteiger partial charge in [0, 0.05) is 55.6 Å². The molecule has 1 saturated heterocycles. The number of hydrogen-bond donors (Lipinski definition) is 0. The predicted molar refractivity (Wildman–Crippen MR) is 102 cm³/mol. The Morgan fingerprint density at radius 1 is 1.20 bits per heavy atom. The Morgan fingerprint density at radius 3 is 2.52 bits per heavy atom.